The summed E-state index contributed by atoms with van der Waals surface area (Å²) >= 11 is 5.98. The van der Waals surface area contributed by atoms with Crippen LogP contribution in [0.2, 0.25) is 5.02 Å². The second-order valence-electron chi connectivity index (χ2n) is 8.55. The second-order valence-corrected chi connectivity index (χ2v) is 8.99. The Morgan fingerprint density at radius 3 is 2.10 bits per heavy atom. The molecule has 1 atom stereocenters. The molecule has 2 aromatic rings. The fraction of sp³-hybridized carbons (Fsp3) is 0.417. The van der Waals surface area contributed by atoms with Crippen LogP contribution in [-0.2, 0) is 22.6 Å². The van der Waals surface area contributed by atoms with Crippen LogP contribution in [0.25, 0.3) is 0 Å². The van der Waals surface area contributed by atoms with E-state index in [4.69, 9.17) is 11.6 Å². The number of aryl methyl sites for hydroxylation is 2. The van der Waals surface area contributed by atoms with Crippen molar-refractivity contribution < 1.29 is 9.59 Å². The molecule has 0 bridgehead atoms. The monoisotopic (exact) mass is 414 g/mol. The maximum atomic E-state index is 13.1. The Balaban J connectivity index is 2.15. The molecule has 0 fully saturated rings. The van der Waals surface area contributed by atoms with E-state index >= 15 is 0 Å². The van der Waals surface area contributed by atoms with Gasteiger partial charge in [-0.25, -0.2) is 0 Å². The molecule has 0 radical (unpaired) electrons. The molecule has 0 aliphatic heterocycles. The van der Waals surface area contributed by atoms with Crippen molar-refractivity contribution in [3.8, 4) is 0 Å². The molecule has 0 aromatic heterocycles. The minimum Gasteiger partial charge on any atom is -0.350 e. The van der Waals surface area contributed by atoms with Crippen molar-refractivity contribution in [2.45, 2.75) is 65.6 Å². The molecular weight excluding hydrogens is 384 g/mol. The summed E-state index contributed by atoms with van der Waals surface area (Å²) in [5.74, 6) is -0.202. The number of amides is 2. The van der Waals surface area contributed by atoms with E-state index in [0.717, 1.165) is 11.1 Å². The van der Waals surface area contributed by atoms with Gasteiger partial charge in [0, 0.05) is 23.5 Å². The van der Waals surface area contributed by atoms with Crippen molar-refractivity contribution in [2.75, 3.05) is 0 Å². The van der Waals surface area contributed by atoms with Crippen LogP contribution < -0.4 is 5.32 Å². The van der Waals surface area contributed by atoms with Crippen molar-refractivity contribution in [3.05, 3.63) is 70.2 Å². The first-order chi connectivity index (χ1) is 13.5. The summed E-state index contributed by atoms with van der Waals surface area (Å²) in [4.78, 5) is 27.5. The number of rotatable bonds is 7. The van der Waals surface area contributed by atoms with E-state index in [-0.39, 0.29) is 17.4 Å². The van der Waals surface area contributed by atoms with E-state index in [1.165, 1.54) is 5.56 Å². The van der Waals surface area contributed by atoms with Gasteiger partial charge < -0.3 is 10.2 Å². The number of hydrogen-bond acceptors (Lipinski definition) is 2. The highest BCUT2D eigenvalue weighted by Gasteiger charge is 2.28. The lowest BCUT2D eigenvalue weighted by atomic mass is 10.1. The highest BCUT2D eigenvalue weighted by molar-refractivity contribution is 6.30. The molecule has 29 heavy (non-hydrogen) atoms. The quantitative estimate of drug-likeness (QED) is 0.699. The third-order valence-electron chi connectivity index (χ3n) is 4.68. The second kappa shape index (κ2) is 9.93. The number of benzene rings is 2. The van der Waals surface area contributed by atoms with Gasteiger partial charge in [-0.2, -0.15) is 0 Å². The number of carbonyl (C=O) groups excluding carboxylic acids is 2. The van der Waals surface area contributed by atoms with Crippen LogP contribution in [0.4, 0.5) is 0 Å². The molecule has 1 N–H and O–H groups in total. The average molecular weight is 415 g/mol. The molecule has 4 nitrogen and oxygen atoms in total. The van der Waals surface area contributed by atoms with Gasteiger partial charge in [0.2, 0.25) is 11.8 Å². The summed E-state index contributed by atoms with van der Waals surface area (Å²) in [6, 6.07) is 15.0. The summed E-state index contributed by atoms with van der Waals surface area (Å²) in [7, 11) is 0. The van der Waals surface area contributed by atoms with E-state index in [0.29, 0.717) is 24.4 Å². The average Bonchev–Trinajstić information content (AvgIpc) is 2.65. The Kier molecular flexibility index (Phi) is 7.86. The van der Waals surface area contributed by atoms with Gasteiger partial charge in [0.1, 0.15) is 6.04 Å². The predicted octanol–water partition coefficient (Wildman–Crippen LogP) is 4.91. The number of nitrogens with zero attached hydrogens (tertiary/aromatic N) is 1. The van der Waals surface area contributed by atoms with E-state index in [9.17, 15) is 9.59 Å². The molecule has 156 valence electrons. The van der Waals surface area contributed by atoms with Gasteiger partial charge in [0.15, 0.2) is 0 Å². The van der Waals surface area contributed by atoms with Gasteiger partial charge in [-0.1, -0.05) is 53.6 Å². The number of hydrogen-bond donors (Lipinski definition) is 1. The third kappa shape index (κ3) is 7.54. The number of carbonyl (C=O) groups is 2. The van der Waals surface area contributed by atoms with E-state index in [2.05, 4.69) is 5.32 Å². The minimum atomic E-state index is -0.574. The topological polar surface area (TPSA) is 49.4 Å². The van der Waals surface area contributed by atoms with E-state index in [1.807, 2.05) is 64.1 Å². The zero-order valence-electron chi connectivity index (χ0n) is 18.0. The van der Waals surface area contributed by atoms with Crippen LogP contribution in [0.3, 0.4) is 0 Å². The fourth-order valence-electron chi connectivity index (χ4n) is 2.99. The Hall–Kier alpha value is -2.33. The normalized spacial score (nSPS) is 12.3. The van der Waals surface area contributed by atoms with Crippen molar-refractivity contribution in [1.82, 2.24) is 10.2 Å². The fourth-order valence-corrected chi connectivity index (χ4v) is 3.12. The lowest BCUT2D eigenvalue weighted by Crippen LogP contribution is -2.52. The summed E-state index contributed by atoms with van der Waals surface area (Å²) in [5.41, 5.74) is 2.88. The molecule has 0 aliphatic carbocycles. The van der Waals surface area contributed by atoms with Gasteiger partial charge in [-0.05, 0) is 64.3 Å². The first kappa shape index (κ1) is 23.0. The Bertz CT molecular complexity index is 823. The minimum absolute atomic E-state index is 0.0444. The molecule has 0 saturated heterocycles. The smallest absolute Gasteiger partial charge is 0.242 e. The maximum Gasteiger partial charge on any atom is 0.242 e. The first-order valence-electron chi connectivity index (χ1n) is 9.96. The lowest BCUT2D eigenvalue weighted by Gasteiger charge is -2.31. The number of nitrogens with one attached hydrogen (secondary N) is 1. The molecule has 0 aliphatic rings. The molecule has 2 aromatic carbocycles. The predicted molar refractivity (Wildman–Crippen MR) is 119 cm³/mol. The van der Waals surface area contributed by atoms with Crippen molar-refractivity contribution in [2.24, 2.45) is 0 Å². The molecular formula is C24H31ClN2O2. The molecule has 5 heteroatoms. The molecule has 2 rings (SSSR count). The Morgan fingerprint density at radius 2 is 1.55 bits per heavy atom. The summed E-state index contributed by atoms with van der Waals surface area (Å²) < 4.78 is 0. The SMILES string of the molecule is Cc1ccc(CCC(=O)N(Cc2ccc(Cl)cc2)[C@H](C)C(=O)NC(C)(C)C)cc1. The van der Waals surface area contributed by atoms with Crippen LogP contribution in [-0.4, -0.2) is 28.3 Å². The van der Waals surface area contributed by atoms with Crippen LogP contribution in [0.1, 0.15) is 50.8 Å². The van der Waals surface area contributed by atoms with Gasteiger partial charge >= 0.3 is 0 Å². The van der Waals surface area contributed by atoms with E-state index < -0.39 is 6.04 Å². The van der Waals surface area contributed by atoms with Crippen LogP contribution in [0.5, 0.6) is 0 Å². The van der Waals surface area contributed by atoms with Crippen LogP contribution in [0.15, 0.2) is 48.5 Å². The van der Waals surface area contributed by atoms with Gasteiger partial charge in [-0.3, -0.25) is 9.59 Å². The van der Waals surface area contributed by atoms with Gasteiger partial charge in [0.25, 0.3) is 0 Å². The summed E-state index contributed by atoms with van der Waals surface area (Å²) in [5, 5.41) is 3.62. The zero-order chi connectivity index (χ0) is 21.6. The zero-order valence-corrected chi connectivity index (χ0v) is 18.7. The van der Waals surface area contributed by atoms with E-state index in [1.54, 1.807) is 24.0 Å². The summed E-state index contributed by atoms with van der Waals surface area (Å²) in [6.45, 7) is 9.97. The van der Waals surface area contributed by atoms with Gasteiger partial charge in [-0.15, -0.1) is 0 Å². The molecule has 0 heterocycles. The van der Waals surface area contributed by atoms with Crippen molar-refractivity contribution >= 4 is 23.4 Å². The summed E-state index contributed by atoms with van der Waals surface area (Å²) in [6.07, 6.45) is 0.994. The van der Waals surface area contributed by atoms with Crippen LogP contribution in [0, 0.1) is 6.92 Å². The van der Waals surface area contributed by atoms with Gasteiger partial charge in [0.05, 0.1) is 0 Å². The standard InChI is InChI=1S/C24H31ClN2O2/c1-17-6-8-19(9-7-17)12-15-22(28)27(16-20-10-13-21(25)14-11-20)18(2)23(29)26-24(3,4)5/h6-11,13-14,18H,12,15-16H2,1-5H3,(H,26,29)/t18-/m1/s1. The molecule has 0 saturated carbocycles. The third-order valence-corrected chi connectivity index (χ3v) is 4.93. The highest BCUT2D eigenvalue weighted by atomic mass is 35.5. The van der Waals surface area contributed by atoms with Crippen molar-refractivity contribution in [1.29, 1.82) is 0 Å². The largest absolute Gasteiger partial charge is 0.350 e. The number of halogens is 1. The Morgan fingerprint density at radius 1 is 1.00 bits per heavy atom. The Labute approximate surface area is 179 Å². The first-order valence-corrected chi connectivity index (χ1v) is 10.3. The molecule has 2 amide bonds. The molecule has 0 unspecified atom stereocenters. The highest BCUT2D eigenvalue weighted by Crippen LogP contribution is 2.16. The maximum absolute atomic E-state index is 13.1. The van der Waals surface area contributed by atoms with Crippen molar-refractivity contribution in [3.63, 3.8) is 0 Å². The molecule has 0 spiro atoms. The lowest BCUT2D eigenvalue weighted by molar-refractivity contribution is -0.141. The van der Waals surface area contributed by atoms with Crippen LogP contribution >= 0.6 is 11.6 Å².